The lowest BCUT2D eigenvalue weighted by Crippen LogP contribution is -2.27. The van der Waals surface area contributed by atoms with Crippen LogP contribution >= 0.6 is 0 Å². The van der Waals surface area contributed by atoms with E-state index in [0.29, 0.717) is 10.8 Å². The molecule has 0 bridgehead atoms. The van der Waals surface area contributed by atoms with E-state index in [9.17, 15) is 8.42 Å². The molecule has 4 nitrogen and oxygen atoms in total. The summed E-state index contributed by atoms with van der Waals surface area (Å²) in [5, 5.41) is 3.23. The lowest BCUT2D eigenvalue weighted by molar-refractivity contribution is 0.576. The molecule has 5 heteroatoms. The second-order valence-electron chi connectivity index (χ2n) is 5.08. The molecule has 1 aromatic carbocycles. The minimum absolute atomic E-state index is 0.132. The first kappa shape index (κ1) is 14.3. The summed E-state index contributed by atoms with van der Waals surface area (Å²) in [5.74, 6) is 0.514. The third-order valence-electron chi connectivity index (χ3n) is 3.50. The smallest absolute Gasteiger partial charge is 0.240 e. The molecule has 0 aromatic heterocycles. The zero-order valence-corrected chi connectivity index (χ0v) is 12.3. The standard InChI is InChI=1S/C14H22N2O2S/c1-3-9-15-12-5-7-13(8-6-12)19(17,18)16-14-10-11(14)4-2/h5-8,11,14-16H,3-4,9-10H2,1-2H3. The average Bonchev–Trinajstić information content (AvgIpc) is 3.14. The van der Waals surface area contributed by atoms with E-state index in [1.807, 2.05) is 12.1 Å². The normalized spacial score (nSPS) is 22.2. The van der Waals surface area contributed by atoms with E-state index in [4.69, 9.17) is 0 Å². The molecular formula is C14H22N2O2S. The summed E-state index contributed by atoms with van der Waals surface area (Å²) in [5.41, 5.74) is 0.957. The van der Waals surface area contributed by atoms with Crippen LogP contribution in [0.25, 0.3) is 0 Å². The van der Waals surface area contributed by atoms with Crippen LogP contribution in [0.1, 0.15) is 33.1 Å². The predicted molar refractivity (Wildman–Crippen MR) is 77.7 cm³/mol. The molecule has 2 atom stereocenters. The first-order valence-electron chi connectivity index (χ1n) is 6.93. The second kappa shape index (κ2) is 5.92. The van der Waals surface area contributed by atoms with Crippen molar-refractivity contribution >= 4 is 15.7 Å². The van der Waals surface area contributed by atoms with Crippen LogP contribution in [0.15, 0.2) is 29.2 Å². The van der Waals surface area contributed by atoms with Gasteiger partial charge in [0.2, 0.25) is 10.0 Å². The van der Waals surface area contributed by atoms with Gasteiger partial charge in [-0.05, 0) is 43.0 Å². The molecule has 0 aliphatic heterocycles. The first-order valence-corrected chi connectivity index (χ1v) is 8.41. The van der Waals surface area contributed by atoms with Crippen molar-refractivity contribution < 1.29 is 8.42 Å². The van der Waals surface area contributed by atoms with E-state index in [2.05, 4.69) is 23.9 Å². The first-order chi connectivity index (χ1) is 9.06. The third kappa shape index (κ3) is 3.70. The van der Waals surface area contributed by atoms with Crippen molar-refractivity contribution in [3.8, 4) is 0 Å². The van der Waals surface area contributed by atoms with Crippen LogP contribution < -0.4 is 10.0 Å². The lowest BCUT2D eigenvalue weighted by atomic mass is 10.3. The van der Waals surface area contributed by atoms with Gasteiger partial charge in [0.15, 0.2) is 0 Å². The molecule has 2 N–H and O–H groups in total. The van der Waals surface area contributed by atoms with E-state index in [0.717, 1.165) is 31.5 Å². The maximum absolute atomic E-state index is 12.1. The molecule has 106 valence electrons. The number of sulfonamides is 1. The fourth-order valence-electron chi connectivity index (χ4n) is 2.13. The molecule has 0 heterocycles. The molecule has 0 radical (unpaired) electrons. The Kier molecular flexibility index (Phi) is 4.47. The largest absolute Gasteiger partial charge is 0.385 e. The molecule has 1 aromatic rings. The molecule has 1 fully saturated rings. The Bertz CT molecular complexity index is 511. The highest BCUT2D eigenvalue weighted by molar-refractivity contribution is 7.89. The van der Waals surface area contributed by atoms with Gasteiger partial charge in [0.25, 0.3) is 0 Å². The van der Waals surface area contributed by atoms with E-state index in [-0.39, 0.29) is 6.04 Å². The highest BCUT2D eigenvalue weighted by atomic mass is 32.2. The fraction of sp³-hybridized carbons (Fsp3) is 0.571. The average molecular weight is 282 g/mol. The van der Waals surface area contributed by atoms with Crippen molar-refractivity contribution in [1.82, 2.24) is 4.72 Å². The van der Waals surface area contributed by atoms with Gasteiger partial charge in [0.05, 0.1) is 4.90 Å². The van der Waals surface area contributed by atoms with Gasteiger partial charge in [-0.1, -0.05) is 20.3 Å². The molecule has 1 aliphatic rings. The van der Waals surface area contributed by atoms with Gasteiger partial charge in [0.1, 0.15) is 0 Å². The molecule has 2 rings (SSSR count). The molecule has 0 saturated heterocycles. The van der Waals surface area contributed by atoms with E-state index in [1.54, 1.807) is 12.1 Å². The van der Waals surface area contributed by atoms with Crippen LogP contribution in [0.2, 0.25) is 0 Å². The highest BCUT2D eigenvalue weighted by Gasteiger charge is 2.38. The Balaban J connectivity index is 2.00. The van der Waals surface area contributed by atoms with E-state index < -0.39 is 10.0 Å². The minimum Gasteiger partial charge on any atom is -0.385 e. The predicted octanol–water partition coefficient (Wildman–Crippen LogP) is 2.59. The van der Waals surface area contributed by atoms with Crippen molar-refractivity contribution in [2.24, 2.45) is 5.92 Å². The van der Waals surface area contributed by atoms with Crippen LogP contribution in [-0.4, -0.2) is 21.0 Å². The van der Waals surface area contributed by atoms with Gasteiger partial charge in [-0.15, -0.1) is 0 Å². The van der Waals surface area contributed by atoms with Gasteiger partial charge in [-0.25, -0.2) is 13.1 Å². The van der Waals surface area contributed by atoms with Gasteiger partial charge in [-0.2, -0.15) is 0 Å². The van der Waals surface area contributed by atoms with Gasteiger partial charge in [0, 0.05) is 18.3 Å². The zero-order chi connectivity index (χ0) is 13.9. The van der Waals surface area contributed by atoms with Gasteiger partial charge < -0.3 is 5.32 Å². The van der Waals surface area contributed by atoms with Crippen molar-refractivity contribution in [2.45, 2.75) is 44.0 Å². The second-order valence-corrected chi connectivity index (χ2v) is 6.80. The number of anilines is 1. The van der Waals surface area contributed by atoms with Crippen molar-refractivity contribution in [3.05, 3.63) is 24.3 Å². The molecular weight excluding hydrogens is 260 g/mol. The maximum atomic E-state index is 12.1. The summed E-state index contributed by atoms with van der Waals surface area (Å²) in [6.45, 7) is 5.08. The summed E-state index contributed by atoms with van der Waals surface area (Å²) in [7, 11) is -3.36. The van der Waals surface area contributed by atoms with Crippen LogP contribution in [-0.2, 0) is 10.0 Å². The number of benzene rings is 1. The summed E-state index contributed by atoms with van der Waals surface area (Å²) < 4.78 is 27.0. The van der Waals surface area contributed by atoms with Crippen molar-refractivity contribution in [3.63, 3.8) is 0 Å². The van der Waals surface area contributed by atoms with Crippen LogP contribution in [0.4, 0.5) is 5.69 Å². The molecule has 0 spiro atoms. The zero-order valence-electron chi connectivity index (χ0n) is 11.5. The fourth-order valence-corrected chi connectivity index (χ4v) is 3.45. The minimum atomic E-state index is -3.36. The Morgan fingerprint density at radius 1 is 1.21 bits per heavy atom. The Hall–Kier alpha value is -1.07. The lowest BCUT2D eigenvalue weighted by Gasteiger charge is -2.08. The number of nitrogens with one attached hydrogen (secondary N) is 2. The molecule has 19 heavy (non-hydrogen) atoms. The van der Waals surface area contributed by atoms with E-state index >= 15 is 0 Å². The van der Waals surface area contributed by atoms with Crippen LogP contribution in [0, 0.1) is 5.92 Å². The number of hydrogen-bond donors (Lipinski definition) is 2. The third-order valence-corrected chi connectivity index (χ3v) is 5.00. The summed E-state index contributed by atoms with van der Waals surface area (Å²) >= 11 is 0. The Morgan fingerprint density at radius 2 is 1.89 bits per heavy atom. The topological polar surface area (TPSA) is 58.2 Å². The van der Waals surface area contributed by atoms with Crippen LogP contribution in [0.3, 0.4) is 0 Å². The van der Waals surface area contributed by atoms with Gasteiger partial charge >= 0.3 is 0 Å². The molecule has 0 amide bonds. The van der Waals surface area contributed by atoms with E-state index in [1.165, 1.54) is 0 Å². The Morgan fingerprint density at radius 3 is 2.42 bits per heavy atom. The SMILES string of the molecule is CCCNc1ccc(S(=O)(=O)NC2CC2CC)cc1. The molecule has 1 saturated carbocycles. The number of rotatable bonds is 7. The summed E-state index contributed by atoms with van der Waals surface area (Å²) in [6, 6.07) is 7.07. The van der Waals surface area contributed by atoms with Crippen molar-refractivity contribution in [1.29, 1.82) is 0 Å². The van der Waals surface area contributed by atoms with Gasteiger partial charge in [-0.3, -0.25) is 0 Å². The van der Waals surface area contributed by atoms with Crippen molar-refractivity contribution in [2.75, 3.05) is 11.9 Å². The monoisotopic (exact) mass is 282 g/mol. The summed E-state index contributed by atoms with van der Waals surface area (Å²) in [6.07, 6.45) is 3.04. The maximum Gasteiger partial charge on any atom is 0.240 e. The van der Waals surface area contributed by atoms with Crippen LogP contribution in [0.5, 0.6) is 0 Å². The quantitative estimate of drug-likeness (QED) is 0.808. The molecule has 1 aliphatic carbocycles. The molecule has 2 unspecified atom stereocenters. The Labute approximate surface area is 115 Å². The number of hydrogen-bond acceptors (Lipinski definition) is 3. The highest BCUT2D eigenvalue weighted by Crippen LogP contribution is 2.34. The summed E-state index contributed by atoms with van der Waals surface area (Å²) in [4.78, 5) is 0.344.